The Labute approximate surface area is 208 Å². The van der Waals surface area contributed by atoms with Crippen LogP contribution in [0.15, 0.2) is 49.1 Å². The number of alkyl halides is 3. The lowest BCUT2D eigenvalue weighted by molar-refractivity contribution is -0.0500. The molecule has 1 unspecified atom stereocenters. The van der Waals surface area contributed by atoms with Gasteiger partial charge in [-0.1, -0.05) is 23.7 Å². The van der Waals surface area contributed by atoms with E-state index in [1.54, 1.807) is 30.7 Å². The van der Waals surface area contributed by atoms with Crippen LogP contribution in [0, 0.1) is 6.92 Å². The summed E-state index contributed by atoms with van der Waals surface area (Å²) >= 11 is 6.34. The van der Waals surface area contributed by atoms with Crippen LogP contribution < -0.4 is 8.92 Å². The van der Waals surface area contributed by atoms with Crippen LogP contribution in [0.25, 0.3) is 10.9 Å². The highest BCUT2D eigenvalue weighted by molar-refractivity contribution is 7.88. The summed E-state index contributed by atoms with van der Waals surface area (Å²) in [6.07, 6.45) is 4.41. The molecule has 0 bridgehead atoms. The maximum absolute atomic E-state index is 13.0. The van der Waals surface area contributed by atoms with Gasteiger partial charge in [0.25, 0.3) is 5.88 Å². The van der Waals surface area contributed by atoms with Gasteiger partial charge in [-0.15, -0.1) is 0 Å². The first kappa shape index (κ1) is 25.7. The van der Waals surface area contributed by atoms with E-state index in [1.165, 1.54) is 36.9 Å². The molecule has 3 aromatic heterocycles. The monoisotopic (exact) mass is 542 g/mol. The zero-order valence-electron chi connectivity index (χ0n) is 18.9. The predicted molar refractivity (Wildman–Crippen MR) is 123 cm³/mol. The van der Waals surface area contributed by atoms with Gasteiger partial charge < -0.3 is 18.6 Å². The van der Waals surface area contributed by atoms with E-state index in [1.807, 2.05) is 0 Å². The molecule has 4 rings (SSSR count). The molecule has 0 radical (unpaired) electrons. The van der Waals surface area contributed by atoms with Crippen molar-refractivity contribution in [3.05, 3.63) is 76.6 Å². The minimum atomic E-state index is -6.07. The largest absolute Gasteiger partial charge is 0.534 e. The van der Waals surface area contributed by atoms with E-state index in [2.05, 4.69) is 19.1 Å². The lowest BCUT2D eigenvalue weighted by Crippen LogP contribution is -2.31. The fraction of sp³-hybridized carbons (Fsp3) is 0.227. The van der Waals surface area contributed by atoms with Crippen LogP contribution in [0.5, 0.6) is 11.6 Å². The second kappa shape index (κ2) is 8.91. The quantitative estimate of drug-likeness (QED) is 0.288. The average Bonchev–Trinajstić information content (AvgIpc) is 3.26. The Bertz CT molecular complexity index is 1560. The molecular formula is C22H18ClF3N4O5S. The van der Waals surface area contributed by atoms with E-state index >= 15 is 0 Å². The van der Waals surface area contributed by atoms with Crippen LogP contribution >= 0.6 is 11.6 Å². The molecule has 9 nitrogen and oxygen atoms in total. The molecule has 3 heterocycles. The fourth-order valence-corrected chi connectivity index (χ4v) is 4.41. The molecule has 4 aromatic rings. The van der Waals surface area contributed by atoms with Crippen LogP contribution in [-0.4, -0.2) is 45.7 Å². The second-order valence-electron chi connectivity index (χ2n) is 7.77. The van der Waals surface area contributed by atoms with Crippen molar-refractivity contribution in [2.75, 3.05) is 7.11 Å². The van der Waals surface area contributed by atoms with Gasteiger partial charge in [0, 0.05) is 29.9 Å². The number of imidazole rings is 1. The lowest BCUT2D eigenvalue weighted by atomic mass is 9.83. The van der Waals surface area contributed by atoms with Gasteiger partial charge in [0.2, 0.25) is 5.75 Å². The van der Waals surface area contributed by atoms with Crippen molar-refractivity contribution >= 4 is 32.6 Å². The van der Waals surface area contributed by atoms with Gasteiger partial charge in [0.15, 0.2) is 5.60 Å². The van der Waals surface area contributed by atoms with Gasteiger partial charge in [0.1, 0.15) is 0 Å². The molecule has 0 aliphatic rings. The van der Waals surface area contributed by atoms with Crippen molar-refractivity contribution in [1.29, 1.82) is 0 Å². The molecule has 1 atom stereocenters. The Morgan fingerprint density at radius 2 is 1.81 bits per heavy atom. The smallest absolute Gasteiger partial charge is 0.478 e. The number of aromatic nitrogens is 4. The summed E-state index contributed by atoms with van der Waals surface area (Å²) in [5, 5.41) is 11.5. The minimum absolute atomic E-state index is 0.00278. The van der Waals surface area contributed by atoms with E-state index in [0.29, 0.717) is 17.0 Å². The minimum Gasteiger partial charge on any atom is -0.478 e. The third kappa shape index (κ3) is 4.22. The number of aliphatic hydroxyl groups is 1. The van der Waals surface area contributed by atoms with E-state index in [0.717, 1.165) is 7.11 Å². The van der Waals surface area contributed by atoms with E-state index < -0.39 is 37.9 Å². The summed E-state index contributed by atoms with van der Waals surface area (Å²) in [6.45, 7) is 1.78. The molecule has 14 heteroatoms. The third-order valence-corrected chi connectivity index (χ3v) is 6.78. The van der Waals surface area contributed by atoms with Crippen molar-refractivity contribution in [3.63, 3.8) is 0 Å². The number of hydrogen-bond acceptors (Lipinski definition) is 8. The first-order valence-corrected chi connectivity index (χ1v) is 11.9. The Kier molecular flexibility index (Phi) is 6.35. The molecule has 0 aliphatic carbocycles. The van der Waals surface area contributed by atoms with Crippen molar-refractivity contribution < 1.29 is 35.6 Å². The van der Waals surface area contributed by atoms with Crippen molar-refractivity contribution in [1.82, 2.24) is 19.5 Å². The van der Waals surface area contributed by atoms with Crippen LogP contribution in [0.4, 0.5) is 13.2 Å². The van der Waals surface area contributed by atoms with Gasteiger partial charge >= 0.3 is 15.6 Å². The summed E-state index contributed by atoms with van der Waals surface area (Å²) in [5.74, 6) is -1.51. The third-order valence-electron chi connectivity index (χ3n) is 5.45. The number of benzene rings is 1. The molecule has 0 spiro atoms. The Balaban J connectivity index is 1.98. The molecule has 0 saturated carbocycles. The summed E-state index contributed by atoms with van der Waals surface area (Å²) in [7, 11) is -3.34. The highest BCUT2D eigenvalue weighted by Gasteiger charge is 2.49. The number of methoxy groups -OCH3 is 1. The highest BCUT2D eigenvalue weighted by Crippen LogP contribution is 2.44. The Morgan fingerprint density at radius 1 is 1.11 bits per heavy atom. The molecular weight excluding hydrogens is 525 g/mol. The van der Waals surface area contributed by atoms with Crippen LogP contribution in [0.2, 0.25) is 5.02 Å². The number of nitrogens with zero attached hydrogens (tertiary/aromatic N) is 4. The van der Waals surface area contributed by atoms with Crippen molar-refractivity contribution in [2.45, 2.75) is 18.0 Å². The lowest BCUT2D eigenvalue weighted by Gasteiger charge is -2.30. The first-order chi connectivity index (χ1) is 16.8. The number of fused-ring (bicyclic) bond motifs is 1. The first-order valence-electron chi connectivity index (χ1n) is 10.1. The van der Waals surface area contributed by atoms with Gasteiger partial charge in [0.05, 0.1) is 35.9 Å². The van der Waals surface area contributed by atoms with Crippen LogP contribution in [0.3, 0.4) is 0 Å². The maximum Gasteiger partial charge on any atom is 0.534 e. The summed E-state index contributed by atoms with van der Waals surface area (Å²) in [4.78, 5) is 12.4. The molecule has 0 saturated heterocycles. The zero-order chi connectivity index (χ0) is 26.5. The second-order valence-corrected chi connectivity index (χ2v) is 9.68. The van der Waals surface area contributed by atoms with Gasteiger partial charge in [-0.3, -0.25) is 4.98 Å². The van der Waals surface area contributed by atoms with Crippen LogP contribution in [0.1, 0.15) is 22.5 Å². The standard InChI is InChI=1S/C22H18ClF3N4O5S/c1-12-4-5-14(9-28-12)21(31,17-10-27-11-30(17)2)13-6-7-16-15(8-13)18(23)19(20(29-16)34-3)35-36(32,33)22(24,25)26/h4-11,31H,1-3H3. The topological polar surface area (TPSA) is 116 Å². The molecule has 190 valence electrons. The molecule has 0 fully saturated rings. The SMILES string of the molecule is COc1nc2ccc(C(O)(c3ccc(C)nc3)c3cncn3C)cc2c(Cl)c1OS(=O)(=O)C(F)(F)F. The number of halogens is 4. The molecule has 36 heavy (non-hydrogen) atoms. The van der Waals surface area contributed by atoms with E-state index in [4.69, 9.17) is 16.3 Å². The number of hydrogen-bond donors (Lipinski definition) is 1. The number of aryl methyl sites for hydroxylation is 2. The summed E-state index contributed by atoms with van der Waals surface area (Å²) in [5.41, 5.74) is -5.75. The van der Waals surface area contributed by atoms with E-state index in [9.17, 15) is 26.7 Å². The van der Waals surface area contributed by atoms with Gasteiger partial charge in [-0.05, 0) is 30.7 Å². The number of rotatable bonds is 6. The molecule has 1 aromatic carbocycles. The van der Waals surface area contributed by atoms with Crippen LogP contribution in [-0.2, 0) is 22.8 Å². The molecule has 0 amide bonds. The van der Waals surface area contributed by atoms with E-state index in [-0.39, 0.29) is 16.5 Å². The summed E-state index contributed by atoms with van der Waals surface area (Å²) in [6, 6.07) is 7.71. The fourth-order valence-electron chi connectivity index (χ4n) is 3.63. The zero-order valence-corrected chi connectivity index (χ0v) is 20.5. The Hall–Kier alpha value is -3.42. The van der Waals surface area contributed by atoms with Gasteiger partial charge in [-0.2, -0.15) is 21.6 Å². The van der Waals surface area contributed by atoms with Crippen molar-refractivity contribution in [3.8, 4) is 11.6 Å². The van der Waals surface area contributed by atoms with Crippen molar-refractivity contribution in [2.24, 2.45) is 7.05 Å². The average molecular weight is 543 g/mol. The normalized spacial score (nSPS) is 14.0. The Morgan fingerprint density at radius 3 is 2.36 bits per heavy atom. The number of pyridine rings is 2. The predicted octanol–water partition coefficient (Wildman–Crippen LogP) is 3.85. The summed E-state index contributed by atoms with van der Waals surface area (Å²) < 4.78 is 73.0. The molecule has 1 N–H and O–H groups in total. The number of ether oxygens (including phenoxy) is 1. The van der Waals surface area contributed by atoms with Gasteiger partial charge in [-0.25, -0.2) is 9.97 Å². The highest BCUT2D eigenvalue weighted by atomic mass is 35.5. The maximum atomic E-state index is 13.0. The molecule has 0 aliphatic heterocycles.